The largest absolute Gasteiger partial charge is 0.466 e. The quantitative estimate of drug-likeness (QED) is 0.741. The van der Waals surface area contributed by atoms with Crippen LogP contribution in [0.15, 0.2) is 11.4 Å². The first-order chi connectivity index (χ1) is 7.69. The van der Waals surface area contributed by atoms with Gasteiger partial charge in [-0.15, -0.1) is 11.3 Å². The minimum atomic E-state index is -0.378. The van der Waals surface area contributed by atoms with Crippen molar-refractivity contribution in [2.75, 3.05) is 13.2 Å². The minimum Gasteiger partial charge on any atom is -0.466 e. The number of carbonyl (C=O) groups excluding carboxylic acids is 2. The van der Waals surface area contributed by atoms with Gasteiger partial charge in [0.05, 0.1) is 19.6 Å². The number of carbonyl (C=O) groups is 2. The third-order valence-electron chi connectivity index (χ3n) is 1.85. The van der Waals surface area contributed by atoms with Gasteiger partial charge in [0, 0.05) is 0 Å². The molecule has 0 bridgehead atoms. The lowest BCUT2D eigenvalue weighted by molar-refractivity contribution is -0.142. The number of esters is 2. The van der Waals surface area contributed by atoms with Crippen molar-refractivity contribution in [1.29, 1.82) is 0 Å². The molecule has 0 atom stereocenters. The molecule has 4 nitrogen and oxygen atoms in total. The van der Waals surface area contributed by atoms with E-state index in [9.17, 15) is 9.59 Å². The van der Waals surface area contributed by atoms with E-state index in [4.69, 9.17) is 9.47 Å². The average molecular weight is 242 g/mol. The fourth-order valence-corrected chi connectivity index (χ4v) is 2.03. The molecule has 1 heterocycles. The Balaban J connectivity index is 2.70. The van der Waals surface area contributed by atoms with Crippen molar-refractivity contribution in [3.63, 3.8) is 0 Å². The number of hydrogen-bond acceptors (Lipinski definition) is 5. The van der Waals surface area contributed by atoms with Crippen molar-refractivity contribution in [3.8, 4) is 0 Å². The van der Waals surface area contributed by atoms with Crippen molar-refractivity contribution in [1.82, 2.24) is 0 Å². The molecule has 0 fully saturated rings. The Morgan fingerprint density at radius 3 is 2.56 bits per heavy atom. The van der Waals surface area contributed by atoms with Crippen molar-refractivity contribution in [2.45, 2.75) is 20.3 Å². The zero-order valence-electron chi connectivity index (χ0n) is 9.32. The third-order valence-corrected chi connectivity index (χ3v) is 2.78. The highest BCUT2D eigenvalue weighted by molar-refractivity contribution is 7.12. The molecule has 0 aliphatic carbocycles. The van der Waals surface area contributed by atoms with Gasteiger partial charge in [-0.05, 0) is 30.9 Å². The van der Waals surface area contributed by atoms with Crippen molar-refractivity contribution < 1.29 is 19.1 Å². The van der Waals surface area contributed by atoms with Gasteiger partial charge in [-0.1, -0.05) is 0 Å². The summed E-state index contributed by atoms with van der Waals surface area (Å²) in [6, 6.07) is 1.74. The van der Waals surface area contributed by atoms with E-state index in [2.05, 4.69) is 0 Å². The highest BCUT2D eigenvalue weighted by Gasteiger charge is 2.16. The molecule has 0 radical (unpaired) electrons. The van der Waals surface area contributed by atoms with E-state index in [1.807, 2.05) is 0 Å². The number of hydrogen-bond donors (Lipinski definition) is 0. The van der Waals surface area contributed by atoms with Gasteiger partial charge in [0.25, 0.3) is 0 Å². The zero-order valence-corrected chi connectivity index (χ0v) is 10.1. The van der Waals surface area contributed by atoms with Crippen LogP contribution in [0.1, 0.15) is 29.1 Å². The van der Waals surface area contributed by atoms with Crippen LogP contribution in [0.25, 0.3) is 0 Å². The lowest BCUT2D eigenvalue weighted by Crippen LogP contribution is -2.11. The second-order valence-corrected chi connectivity index (χ2v) is 3.89. The van der Waals surface area contributed by atoms with Gasteiger partial charge in [0.1, 0.15) is 4.88 Å². The molecule has 0 aromatic carbocycles. The van der Waals surface area contributed by atoms with Crippen molar-refractivity contribution >= 4 is 23.3 Å². The van der Waals surface area contributed by atoms with Crippen LogP contribution in [0, 0.1) is 0 Å². The SMILES string of the molecule is CCOC(=O)Cc1ccsc1C(=O)OCC. The van der Waals surface area contributed by atoms with Crippen LogP contribution < -0.4 is 0 Å². The maximum absolute atomic E-state index is 11.5. The molecule has 88 valence electrons. The van der Waals surface area contributed by atoms with E-state index in [0.717, 1.165) is 0 Å². The predicted octanol–water partition coefficient (Wildman–Crippen LogP) is 2.03. The molecule has 0 amide bonds. The molecular weight excluding hydrogens is 228 g/mol. The maximum atomic E-state index is 11.5. The number of thiophene rings is 1. The van der Waals surface area contributed by atoms with E-state index in [1.165, 1.54) is 11.3 Å². The summed E-state index contributed by atoms with van der Waals surface area (Å²) >= 11 is 1.28. The van der Waals surface area contributed by atoms with Crippen molar-refractivity contribution in [2.24, 2.45) is 0 Å². The molecule has 1 aromatic rings. The molecule has 1 aromatic heterocycles. The van der Waals surface area contributed by atoms with Crippen LogP contribution in [-0.2, 0) is 20.7 Å². The van der Waals surface area contributed by atoms with Gasteiger partial charge < -0.3 is 9.47 Å². The number of ether oxygens (including phenoxy) is 2. The van der Waals surface area contributed by atoms with E-state index in [0.29, 0.717) is 23.7 Å². The van der Waals surface area contributed by atoms with Crippen LogP contribution in [0.3, 0.4) is 0 Å². The maximum Gasteiger partial charge on any atom is 0.348 e. The summed E-state index contributed by atoms with van der Waals surface area (Å²) in [5, 5.41) is 1.76. The first kappa shape index (κ1) is 12.7. The second-order valence-electron chi connectivity index (χ2n) is 2.98. The standard InChI is InChI=1S/C11H14O4S/c1-3-14-9(12)7-8-5-6-16-10(8)11(13)15-4-2/h5-6H,3-4,7H2,1-2H3. The minimum absolute atomic E-state index is 0.117. The topological polar surface area (TPSA) is 52.6 Å². The molecule has 0 saturated heterocycles. The predicted molar refractivity (Wildman–Crippen MR) is 60.6 cm³/mol. The summed E-state index contributed by atoms with van der Waals surface area (Å²) in [6.45, 7) is 4.17. The summed E-state index contributed by atoms with van der Waals surface area (Å²) in [5.74, 6) is -0.705. The van der Waals surface area contributed by atoms with Gasteiger partial charge in [0.15, 0.2) is 0 Å². The molecule has 0 N–H and O–H groups in total. The Morgan fingerprint density at radius 1 is 1.25 bits per heavy atom. The first-order valence-corrected chi connectivity index (χ1v) is 5.96. The molecular formula is C11H14O4S. The van der Waals surface area contributed by atoms with Gasteiger partial charge in [-0.3, -0.25) is 4.79 Å². The van der Waals surface area contributed by atoms with Gasteiger partial charge in [-0.25, -0.2) is 4.79 Å². The lowest BCUT2D eigenvalue weighted by Gasteiger charge is -2.03. The highest BCUT2D eigenvalue weighted by Crippen LogP contribution is 2.19. The summed E-state index contributed by atoms with van der Waals surface area (Å²) in [5.41, 5.74) is 0.668. The summed E-state index contributed by atoms with van der Waals surface area (Å²) in [7, 11) is 0. The number of rotatable bonds is 5. The molecule has 0 saturated carbocycles. The fourth-order valence-electron chi connectivity index (χ4n) is 1.22. The van der Waals surface area contributed by atoms with Gasteiger partial charge in [-0.2, -0.15) is 0 Å². The van der Waals surface area contributed by atoms with Crippen LogP contribution in [0.4, 0.5) is 0 Å². The van der Waals surface area contributed by atoms with E-state index < -0.39 is 0 Å². The van der Waals surface area contributed by atoms with Crippen molar-refractivity contribution in [3.05, 3.63) is 21.9 Å². The molecule has 5 heteroatoms. The normalized spacial score (nSPS) is 9.88. The van der Waals surface area contributed by atoms with Gasteiger partial charge >= 0.3 is 11.9 Å². The summed E-state index contributed by atoms with van der Waals surface area (Å²) in [6.07, 6.45) is 0.117. The third kappa shape index (κ3) is 3.34. The van der Waals surface area contributed by atoms with Crippen LogP contribution in [0.5, 0.6) is 0 Å². The summed E-state index contributed by atoms with van der Waals surface area (Å²) in [4.78, 5) is 23.3. The fraction of sp³-hybridized carbons (Fsp3) is 0.455. The Labute approximate surface area is 98.2 Å². The average Bonchev–Trinajstić information content (AvgIpc) is 2.66. The molecule has 0 unspecified atom stereocenters. The molecule has 0 spiro atoms. The van der Waals surface area contributed by atoms with E-state index in [-0.39, 0.29) is 18.4 Å². The Kier molecular flexibility index (Phi) is 4.98. The lowest BCUT2D eigenvalue weighted by atomic mass is 10.2. The van der Waals surface area contributed by atoms with Crippen LogP contribution in [-0.4, -0.2) is 25.2 Å². The Bertz CT molecular complexity index is 370. The highest BCUT2D eigenvalue weighted by atomic mass is 32.1. The van der Waals surface area contributed by atoms with Gasteiger partial charge in [0.2, 0.25) is 0 Å². The van der Waals surface area contributed by atoms with E-state index in [1.54, 1.807) is 25.3 Å². The monoisotopic (exact) mass is 242 g/mol. The smallest absolute Gasteiger partial charge is 0.348 e. The molecule has 0 aliphatic heterocycles. The molecule has 16 heavy (non-hydrogen) atoms. The summed E-state index contributed by atoms with van der Waals surface area (Å²) < 4.78 is 9.71. The molecule has 0 aliphatic rings. The van der Waals surface area contributed by atoms with Crippen LogP contribution in [0.2, 0.25) is 0 Å². The van der Waals surface area contributed by atoms with E-state index >= 15 is 0 Å². The first-order valence-electron chi connectivity index (χ1n) is 5.08. The van der Waals surface area contributed by atoms with Crippen LogP contribution >= 0.6 is 11.3 Å². The molecule has 1 rings (SSSR count). The zero-order chi connectivity index (χ0) is 12.0. The Morgan fingerprint density at radius 2 is 1.94 bits per heavy atom. The Hall–Kier alpha value is -1.36. The second kappa shape index (κ2) is 6.27.